The van der Waals surface area contributed by atoms with E-state index in [9.17, 15) is 13.2 Å². The summed E-state index contributed by atoms with van der Waals surface area (Å²) in [6.45, 7) is 0. The first-order valence-electron chi connectivity index (χ1n) is 6.00. The molecule has 0 aliphatic heterocycles. The van der Waals surface area contributed by atoms with Crippen LogP contribution in [0.15, 0.2) is 42.5 Å². The van der Waals surface area contributed by atoms with E-state index >= 15 is 0 Å². The normalized spacial score (nSPS) is 12.0. The molecule has 0 saturated heterocycles. The molecule has 0 spiro atoms. The van der Waals surface area contributed by atoms with Gasteiger partial charge in [0, 0.05) is 27.1 Å². The Labute approximate surface area is 128 Å². The highest BCUT2D eigenvalue weighted by molar-refractivity contribution is 6.37. The van der Waals surface area contributed by atoms with Crippen molar-refractivity contribution >= 4 is 34.1 Å². The molecule has 0 aliphatic rings. The van der Waals surface area contributed by atoms with Gasteiger partial charge in [0.2, 0.25) is 0 Å². The summed E-state index contributed by atoms with van der Waals surface area (Å²) in [5, 5.41) is 1.26. The third-order valence-corrected chi connectivity index (χ3v) is 3.82. The molecule has 108 valence electrons. The summed E-state index contributed by atoms with van der Waals surface area (Å²) in [7, 11) is 0. The molecule has 3 rings (SSSR count). The van der Waals surface area contributed by atoms with Crippen LogP contribution in [0.25, 0.3) is 22.0 Å². The Morgan fingerprint density at radius 1 is 0.857 bits per heavy atom. The maximum Gasteiger partial charge on any atom is 0.431 e. The van der Waals surface area contributed by atoms with Crippen molar-refractivity contribution in [3.8, 4) is 11.1 Å². The number of halogens is 5. The summed E-state index contributed by atoms with van der Waals surface area (Å²) >= 11 is 12.3. The Kier molecular flexibility index (Phi) is 3.38. The minimum absolute atomic E-state index is 0.336. The van der Waals surface area contributed by atoms with E-state index in [2.05, 4.69) is 4.98 Å². The average Bonchev–Trinajstić information content (AvgIpc) is 2.81. The second kappa shape index (κ2) is 4.97. The number of aromatic nitrogens is 1. The maximum atomic E-state index is 12.7. The lowest BCUT2D eigenvalue weighted by molar-refractivity contribution is -0.140. The highest BCUT2D eigenvalue weighted by Gasteiger charge is 2.32. The van der Waals surface area contributed by atoms with E-state index in [-0.39, 0.29) is 0 Å². The maximum absolute atomic E-state index is 12.7. The van der Waals surface area contributed by atoms with E-state index in [0.29, 0.717) is 32.1 Å². The number of H-pyrrole nitrogens is 1. The van der Waals surface area contributed by atoms with E-state index < -0.39 is 11.9 Å². The molecular formula is C15H8Cl2F3N. The van der Waals surface area contributed by atoms with Gasteiger partial charge >= 0.3 is 6.18 Å². The number of benzene rings is 2. The zero-order valence-corrected chi connectivity index (χ0v) is 11.9. The highest BCUT2D eigenvalue weighted by atomic mass is 35.5. The molecule has 2 aromatic carbocycles. The number of rotatable bonds is 1. The minimum Gasteiger partial charge on any atom is -0.351 e. The molecule has 1 nitrogen and oxygen atoms in total. The van der Waals surface area contributed by atoms with Crippen molar-refractivity contribution in [3.05, 3.63) is 58.2 Å². The molecule has 21 heavy (non-hydrogen) atoms. The van der Waals surface area contributed by atoms with Crippen molar-refractivity contribution in [1.29, 1.82) is 0 Å². The van der Waals surface area contributed by atoms with Crippen LogP contribution in [0.5, 0.6) is 0 Å². The van der Waals surface area contributed by atoms with E-state index in [1.165, 1.54) is 6.07 Å². The van der Waals surface area contributed by atoms with Gasteiger partial charge in [0.25, 0.3) is 0 Å². The molecule has 1 N–H and O–H groups in total. The number of nitrogens with one attached hydrogen (secondary N) is 1. The molecule has 0 atom stereocenters. The van der Waals surface area contributed by atoms with Crippen LogP contribution in [0.2, 0.25) is 10.0 Å². The highest BCUT2D eigenvalue weighted by Crippen LogP contribution is 2.38. The van der Waals surface area contributed by atoms with Crippen LogP contribution in [0.4, 0.5) is 13.2 Å². The number of alkyl halides is 3. The Morgan fingerprint density at radius 2 is 1.57 bits per heavy atom. The topological polar surface area (TPSA) is 15.8 Å². The molecule has 0 saturated carbocycles. The fourth-order valence-corrected chi connectivity index (χ4v) is 2.70. The van der Waals surface area contributed by atoms with Gasteiger partial charge in [-0.25, -0.2) is 0 Å². The molecule has 0 radical (unpaired) electrons. The van der Waals surface area contributed by atoms with Crippen LogP contribution in [0.3, 0.4) is 0 Å². The third-order valence-electron chi connectivity index (χ3n) is 3.18. The van der Waals surface area contributed by atoms with Crippen LogP contribution < -0.4 is 0 Å². The van der Waals surface area contributed by atoms with Crippen LogP contribution in [-0.4, -0.2) is 4.98 Å². The van der Waals surface area contributed by atoms with Crippen LogP contribution >= 0.6 is 23.2 Å². The van der Waals surface area contributed by atoms with Crippen molar-refractivity contribution < 1.29 is 13.2 Å². The van der Waals surface area contributed by atoms with Gasteiger partial charge in [0.1, 0.15) is 5.69 Å². The van der Waals surface area contributed by atoms with Gasteiger partial charge in [0.05, 0.1) is 5.02 Å². The van der Waals surface area contributed by atoms with Gasteiger partial charge < -0.3 is 4.98 Å². The van der Waals surface area contributed by atoms with Gasteiger partial charge in [0.15, 0.2) is 0 Å². The predicted molar refractivity (Wildman–Crippen MR) is 78.8 cm³/mol. The SMILES string of the molecule is FC(F)(F)c1cc2cc(-c3ccccc3Cl)c(Cl)cc2[nH]1. The molecule has 0 bridgehead atoms. The average molecular weight is 330 g/mol. The van der Waals surface area contributed by atoms with Crippen molar-refractivity contribution in [2.24, 2.45) is 0 Å². The van der Waals surface area contributed by atoms with Gasteiger partial charge in [-0.3, -0.25) is 0 Å². The largest absolute Gasteiger partial charge is 0.431 e. The minimum atomic E-state index is -4.42. The van der Waals surface area contributed by atoms with E-state index in [1.54, 1.807) is 30.3 Å². The van der Waals surface area contributed by atoms with Crippen molar-refractivity contribution in [2.75, 3.05) is 0 Å². The first kappa shape index (κ1) is 14.3. The smallest absolute Gasteiger partial charge is 0.351 e. The standard InChI is InChI=1S/C15H8Cl2F3N/c16-11-4-2-1-3-9(11)10-5-8-6-14(15(18,19)20)21-13(8)7-12(10)17/h1-7,21H. The van der Waals surface area contributed by atoms with E-state index in [4.69, 9.17) is 23.2 Å². The van der Waals surface area contributed by atoms with E-state index in [0.717, 1.165) is 6.07 Å². The zero-order chi connectivity index (χ0) is 15.2. The predicted octanol–water partition coefficient (Wildman–Crippen LogP) is 6.16. The fourth-order valence-electron chi connectivity index (χ4n) is 2.19. The van der Waals surface area contributed by atoms with Gasteiger partial charge in [-0.2, -0.15) is 13.2 Å². The summed E-state index contributed by atoms with van der Waals surface area (Å²) in [4.78, 5) is 2.33. The fraction of sp³-hybridized carbons (Fsp3) is 0.0667. The zero-order valence-electron chi connectivity index (χ0n) is 10.4. The second-order valence-electron chi connectivity index (χ2n) is 4.58. The van der Waals surface area contributed by atoms with Gasteiger partial charge in [-0.05, 0) is 24.3 Å². The second-order valence-corrected chi connectivity index (χ2v) is 5.39. The van der Waals surface area contributed by atoms with E-state index in [1.807, 2.05) is 0 Å². The lowest BCUT2D eigenvalue weighted by Crippen LogP contribution is -2.04. The molecular weight excluding hydrogens is 322 g/mol. The summed E-state index contributed by atoms with van der Waals surface area (Å²) in [5.41, 5.74) is 0.816. The monoisotopic (exact) mass is 329 g/mol. The number of aromatic amines is 1. The van der Waals surface area contributed by atoms with Crippen molar-refractivity contribution in [3.63, 3.8) is 0 Å². The molecule has 0 fully saturated rings. The first-order chi connectivity index (χ1) is 9.86. The van der Waals surface area contributed by atoms with Crippen LogP contribution in [0.1, 0.15) is 5.69 Å². The molecule has 1 heterocycles. The summed E-state index contributed by atoms with van der Waals surface area (Å²) in [5.74, 6) is 0. The lowest BCUT2D eigenvalue weighted by Gasteiger charge is -2.07. The Balaban J connectivity index is 2.22. The Bertz CT molecular complexity index is 821. The quantitative estimate of drug-likeness (QED) is 0.550. The molecule has 0 unspecified atom stereocenters. The number of hydrogen-bond donors (Lipinski definition) is 1. The number of fused-ring (bicyclic) bond motifs is 1. The molecule has 1 aromatic heterocycles. The van der Waals surface area contributed by atoms with Crippen LogP contribution in [0, 0.1) is 0 Å². The summed E-state index contributed by atoms with van der Waals surface area (Å²) in [6, 6.07) is 11.2. The lowest BCUT2D eigenvalue weighted by atomic mass is 10.0. The molecule has 0 amide bonds. The van der Waals surface area contributed by atoms with Crippen molar-refractivity contribution in [1.82, 2.24) is 4.98 Å². The summed E-state index contributed by atoms with van der Waals surface area (Å²) in [6.07, 6.45) is -4.42. The molecule has 3 aromatic rings. The Morgan fingerprint density at radius 3 is 2.24 bits per heavy atom. The van der Waals surface area contributed by atoms with Crippen molar-refractivity contribution in [2.45, 2.75) is 6.18 Å². The first-order valence-corrected chi connectivity index (χ1v) is 6.76. The van der Waals surface area contributed by atoms with Gasteiger partial charge in [-0.15, -0.1) is 0 Å². The third kappa shape index (κ3) is 2.61. The van der Waals surface area contributed by atoms with Gasteiger partial charge in [-0.1, -0.05) is 41.4 Å². The summed E-state index contributed by atoms with van der Waals surface area (Å²) < 4.78 is 38.2. The molecule has 6 heteroatoms. The Hall–Kier alpha value is -1.65. The molecule has 0 aliphatic carbocycles. The van der Waals surface area contributed by atoms with Crippen LogP contribution in [-0.2, 0) is 6.18 Å². The number of hydrogen-bond acceptors (Lipinski definition) is 0.